The van der Waals surface area contributed by atoms with Gasteiger partial charge in [0.2, 0.25) is 0 Å². The van der Waals surface area contributed by atoms with Crippen molar-refractivity contribution in [3.8, 4) is 11.5 Å². The number of aliphatic imine (C=N–C) groups is 1. The number of cyclic esters (lactones) is 1. The molecule has 0 atom stereocenters. The van der Waals surface area contributed by atoms with E-state index >= 15 is 0 Å². The first-order chi connectivity index (χ1) is 14.6. The molecule has 0 bridgehead atoms. The number of nitrogens with zero attached hydrogens (tertiary/aromatic N) is 1. The number of carbonyl (C=O) groups excluding carboxylic acids is 1. The summed E-state index contributed by atoms with van der Waals surface area (Å²) in [5.41, 5.74) is 3.21. The quantitative estimate of drug-likeness (QED) is 0.414. The molecule has 0 fully saturated rings. The Morgan fingerprint density at radius 2 is 1.87 bits per heavy atom. The Bertz CT molecular complexity index is 1100. The fourth-order valence-corrected chi connectivity index (χ4v) is 2.92. The van der Waals surface area contributed by atoms with Crippen molar-refractivity contribution in [1.82, 2.24) is 0 Å². The van der Waals surface area contributed by atoms with Gasteiger partial charge in [-0.15, -0.1) is 0 Å². The molecule has 152 valence electrons. The van der Waals surface area contributed by atoms with Crippen LogP contribution in [0.3, 0.4) is 0 Å². The van der Waals surface area contributed by atoms with Crippen molar-refractivity contribution in [2.45, 2.75) is 20.5 Å². The number of hydrogen-bond donors (Lipinski definition) is 0. The van der Waals surface area contributed by atoms with Gasteiger partial charge in [0.1, 0.15) is 6.61 Å². The molecule has 0 saturated carbocycles. The molecule has 0 N–H and O–H groups in total. The maximum atomic E-state index is 12.1. The number of rotatable bonds is 7. The molecule has 3 aromatic rings. The van der Waals surface area contributed by atoms with Gasteiger partial charge in [-0.2, -0.15) is 0 Å². The van der Waals surface area contributed by atoms with Crippen LogP contribution < -0.4 is 9.47 Å². The van der Waals surface area contributed by atoms with Crippen LogP contribution in [-0.2, 0) is 16.1 Å². The van der Waals surface area contributed by atoms with E-state index in [4.69, 9.17) is 18.6 Å². The summed E-state index contributed by atoms with van der Waals surface area (Å²) in [6.07, 6.45) is 3.14. The average Bonchev–Trinajstić information content (AvgIpc) is 3.39. The summed E-state index contributed by atoms with van der Waals surface area (Å²) in [6, 6.07) is 17.0. The van der Waals surface area contributed by atoms with E-state index in [1.165, 1.54) is 11.8 Å². The SMILES string of the molecule is CCOc1cc(/C=C2\N=C(c3ccco3)OC2=O)ccc1OCc1ccc(C)cc1. The zero-order valence-corrected chi connectivity index (χ0v) is 16.8. The summed E-state index contributed by atoms with van der Waals surface area (Å²) in [7, 11) is 0. The molecule has 0 spiro atoms. The first-order valence-corrected chi connectivity index (χ1v) is 9.64. The van der Waals surface area contributed by atoms with Gasteiger partial charge in [0.15, 0.2) is 23.0 Å². The van der Waals surface area contributed by atoms with Crippen LogP contribution in [0.25, 0.3) is 6.08 Å². The molecule has 1 aliphatic heterocycles. The number of esters is 1. The second kappa shape index (κ2) is 8.69. The topological polar surface area (TPSA) is 70.3 Å². The van der Waals surface area contributed by atoms with Crippen LogP contribution in [0.1, 0.15) is 29.4 Å². The summed E-state index contributed by atoms with van der Waals surface area (Å²) >= 11 is 0. The maximum Gasteiger partial charge on any atom is 0.363 e. The number of aryl methyl sites for hydroxylation is 1. The predicted molar refractivity (Wildman–Crippen MR) is 112 cm³/mol. The number of furan rings is 1. The van der Waals surface area contributed by atoms with Gasteiger partial charge in [0, 0.05) is 0 Å². The van der Waals surface area contributed by atoms with Gasteiger partial charge in [0.05, 0.1) is 12.9 Å². The lowest BCUT2D eigenvalue weighted by Gasteiger charge is -2.13. The highest BCUT2D eigenvalue weighted by molar-refractivity contribution is 6.11. The van der Waals surface area contributed by atoms with Crippen LogP contribution in [0.15, 0.2) is 76.0 Å². The fraction of sp³-hybridized carbons (Fsp3) is 0.167. The summed E-state index contributed by atoms with van der Waals surface area (Å²) in [5.74, 6) is 1.26. The number of ether oxygens (including phenoxy) is 3. The minimum atomic E-state index is -0.529. The Balaban J connectivity index is 1.54. The first kappa shape index (κ1) is 19.5. The van der Waals surface area contributed by atoms with E-state index < -0.39 is 5.97 Å². The molecule has 6 nitrogen and oxygen atoms in total. The highest BCUT2D eigenvalue weighted by atomic mass is 16.6. The lowest BCUT2D eigenvalue weighted by molar-refractivity contribution is -0.130. The van der Waals surface area contributed by atoms with Crippen LogP contribution in [-0.4, -0.2) is 18.5 Å². The van der Waals surface area contributed by atoms with E-state index in [2.05, 4.69) is 17.1 Å². The van der Waals surface area contributed by atoms with Gasteiger partial charge in [-0.25, -0.2) is 9.79 Å². The van der Waals surface area contributed by atoms with E-state index in [0.29, 0.717) is 30.5 Å². The van der Waals surface area contributed by atoms with Gasteiger partial charge < -0.3 is 18.6 Å². The van der Waals surface area contributed by atoms with Crippen LogP contribution in [0.2, 0.25) is 0 Å². The highest BCUT2D eigenvalue weighted by Gasteiger charge is 2.25. The van der Waals surface area contributed by atoms with Gasteiger partial charge in [0.25, 0.3) is 5.90 Å². The van der Waals surface area contributed by atoms with Crippen molar-refractivity contribution >= 4 is 17.9 Å². The smallest absolute Gasteiger partial charge is 0.363 e. The van der Waals surface area contributed by atoms with Crippen LogP contribution in [0.5, 0.6) is 11.5 Å². The monoisotopic (exact) mass is 403 g/mol. The molecule has 30 heavy (non-hydrogen) atoms. The Kier molecular flexibility index (Phi) is 5.66. The summed E-state index contributed by atoms with van der Waals surface area (Å²) < 4.78 is 22.1. The highest BCUT2D eigenvalue weighted by Crippen LogP contribution is 2.31. The van der Waals surface area contributed by atoms with E-state index in [-0.39, 0.29) is 11.6 Å². The van der Waals surface area contributed by atoms with Gasteiger partial charge in [-0.3, -0.25) is 0 Å². The van der Waals surface area contributed by atoms with E-state index in [9.17, 15) is 4.79 Å². The van der Waals surface area contributed by atoms with Crippen LogP contribution in [0, 0.1) is 6.92 Å². The molecule has 0 amide bonds. The predicted octanol–water partition coefficient (Wildman–Crippen LogP) is 4.91. The number of benzene rings is 2. The van der Waals surface area contributed by atoms with Crippen molar-refractivity contribution in [2.24, 2.45) is 4.99 Å². The minimum Gasteiger partial charge on any atom is -0.490 e. The molecule has 2 aromatic carbocycles. The van der Waals surface area contributed by atoms with Crippen molar-refractivity contribution in [1.29, 1.82) is 0 Å². The second-order valence-electron chi connectivity index (χ2n) is 6.73. The number of carbonyl (C=O) groups is 1. The lowest BCUT2D eigenvalue weighted by Crippen LogP contribution is -2.04. The Morgan fingerprint density at radius 1 is 1.03 bits per heavy atom. The zero-order valence-electron chi connectivity index (χ0n) is 16.8. The molecular formula is C24H21NO5. The molecule has 4 rings (SSSR count). The second-order valence-corrected chi connectivity index (χ2v) is 6.73. The third-order valence-electron chi connectivity index (χ3n) is 4.44. The molecule has 0 saturated heterocycles. The third-order valence-corrected chi connectivity index (χ3v) is 4.44. The van der Waals surface area contributed by atoms with E-state index in [1.54, 1.807) is 18.2 Å². The average molecular weight is 403 g/mol. The maximum absolute atomic E-state index is 12.1. The lowest BCUT2D eigenvalue weighted by atomic mass is 10.1. The van der Waals surface area contributed by atoms with E-state index in [0.717, 1.165) is 11.1 Å². The first-order valence-electron chi connectivity index (χ1n) is 9.64. The molecule has 2 heterocycles. The van der Waals surface area contributed by atoms with Crippen LogP contribution >= 0.6 is 0 Å². The van der Waals surface area contributed by atoms with E-state index in [1.807, 2.05) is 44.2 Å². The Morgan fingerprint density at radius 3 is 2.60 bits per heavy atom. The zero-order chi connectivity index (χ0) is 20.9. The summed E-state index contributed by atoms with van der Waals surface area (Å²) in [6.45, 7) is 4.88. The summed E-state index contributed by atoms with van der Waals surface area (Å²) in [4.78, 5) is 16.4. The molecule has 6 heteroatoms. The summed E-state index contributed by atoms with van der Waals surface area (Å²) in [5, 5.41) is 0. The third kappa shape index (κ3) is 4.43. The van der Waals surface area contributed by atoms with Gasteiger partial charge >= 0.3 is 5.97 Å². The largest absolute Gasteiger partial charge is 0.490 e. The molecule has 0 unspecified atom stereocenters. The van der Waals surface area contributed by atoms with Crippen molar-refractivity contribution < 1.29 is 23.4 Å². The number of hydrogen-bond acceptors (Lipinski definition) is 6. The molecule has 0 aliphatic carbocycles. The van der Waals surface area contributed by atoms with Crippen LogP contribution in [0.4, 0.5) is 0 Å². The van der Waals surface area contributed by atoms with Crippen molar-refractivity contribution in [3.05, 3.63) is 89.0 Å². The Hall–Kier alpha value is -3.80. The van der Waals surface area contributed by atoms with Crippen molar-refractivity contribution in [3.63, 3.8) is 0 Å². The molecule has 0 radical (unpaired) electrons. The van der Waals surface area contributed by atoms with Crippen molar-refractivity contribution in [2.75, 3.05) is 6.61 Å². The Labute approximate surface area is 174 Å². The minimum absolute atomic E-state index is 0.152. The van der Waals surface area contributed by atoms with Gasteiger partial charge in [-0.05, 0) is 55.3 Å². The molecule has 1 aromatic heterocycles. The normalized spacial score (nSPS) is 14.5. The fourth-order valence-electron chi connectivity index (χ4n) is 2.92. The van der Waals surface area contributed by atoms with Gasteiger partial charge in [-0.1, -0.05) is 35.9 Å². The molecular weight excluding hydrogens is 382 g/mol. The standard InChI is InChI=1S/C24H21NO5/c1-3-27-22-14-18(10-11-20(22)29-15-17-8-6-16(2)7-9-17)13-19-24(26)30-23(25-19)21-5-4-12-28-21/h4-14H,3,15H2,1-2H3/b19-13-. The molecule has 1 aliphatic rings.